The first kappa shape index (κ1) is 16.8. The smallest absolute Gasteiger partial charge is 0.330 e. The van der Waals surface area contributed by atoms with Gasteiger partial charge in [0.1, 0.15) is 0 Å². The predicted molar refractivity (Wildman–Crippen MR) is 97.1 cm³/mol. The van der Waals surface area contributed by atoms with Crippen LogP contribution in [0.1, 0.15) is 18.5 Å². The molecule has 0 spiro atoms. The highest BCUT2D eigenvalue weighted by molar-refractivity contribution is 6.07. The van der Waals surface area contributed by atoms with Gasteiger partial charge in [0, 0.05) is 30.1 Å². The maximum atomic E-state index is 11.1. The zero-order chi connectivity index (χ0) is 17.6. The van der Waals surface area contributed by atoms with E-state index in [1.54, 1.807) is 6.20 Å². The van der Waals surface area contributed by atoms with E-state index in [2.05, 4.69) is 20.0 Å². The fourth-order valence-electron chi connectivity index (χ4n) is 2.73. The molecule has 0 atom stereocenters. The van der Waals surface area contributed by atoms with Gasteiger partial charge in [-0.05, 0) is 30.9 Å². The Kier molecular flexibility index (Phi) is 5.18. The van der Waals surface area contributed by atoms with Gasteiger partial charge < -0.3 is 15.5 Å². The maximum Gasteiger partial charge on any atom is 0.330 e. The molecule has 0 amide bonds. The monoisotopic (exact) mass is 336 g/mol. The number of allylic oxidation sites excluding steroid dienone is 2. The molecule has 1 aliphatic carbocycles. The second-order valence-corrected chi connectivity index (χ2v) is 5.97. The SMILES string of the molecule is COC(=O)/C=C/C1CC(N/C=C(\C=N)c2cnc3ccccc3n2)C1. The second kappa shape index (κ2) is 7.70. The molecule has 1 aliphatic rings. The summed E-state index contributed by atoms with van der Waals surface area (Å²) < 4.78 is 4.58. The fraction of sp³-hybridized carbons (Fsp3) is 0.263. The van der Waals surface area contributed by atoms with Gasteiger partial charge in [0.2, 0.25) is 0 Å². The van der Waals surface area contributed by atoms with E-state index < -0.39 is 0 Å². The van der Waals surface area contributed by atoms with Crippen LogP contribution in [0, 0.1) is 11.3 Å². The van der Waals surface area contributed by atoms with Crippen LogP contribution >= 0.6 is 0 Å². The van der Waals surface area contributed by atoms with Gasteiger partial charge in [-0.25, -0.2) is 9.78 Å². The van der Waals surface area contributed by atoms with Gasteiger partial charge in [0.05, 0.1) is 30.0 Å². The number of nitrogens with one attached hydrogen (secondary N) is 2. The molecule has 0 aliphatic heterocycles. The summed E-state index contributed by atoms with van der Waals surface area (Å²) in [7, 11) is 1.37. The van der Waals surface area contributed by atoms with E-state index in [0.717, 1.165) is 23.9 Å². The van der Waals surface area contributed by atoms with Gasteiger partial charge in [0.15, 0.2) is 0 Å². The number of carbonyl (C=O) groups is 1. The standard InChI is InChI=1S/C19H20N4O2/c1-25-19(24)7-6-13-8-15(9-13)21-11-14(10-20)18-12-22-16-4-2-3-5-17(16)23-18/h2-7,10-13,15,20-21H,8-9H2,1H3/b7-6+,14-11+,20-10?. The molecular formula is C19H20N4O2. The van der Waals surface area contributed by atoms with Crippen molar-refractivity contribution >= 4 is 28.8 Å². The summed E-state index contributed by atoms with van der Waals surface area (Å²) in [5, 5.41) is 11.0. The lowest BCUT2D eigenvalue weighted by Gasteiger charge is -2.33. The normalized spacial score (nSPS) is 20.3. The van der Waals surface area contributed by atoms with Crippen LogP contribution in [0.2, 0.25) is 0 Å². The highest BCUT2D eigenvalue weighted by Crippen LogP contribution is 2.28. The largest absolute Gasteiger partial charge is 0.466 e. The third kappa shape index (κ3) is 4.09. The minimum Gasteiger partial charge on any atom is -0.466 e. The minimum atomic E-state index is -0.322. The predicted octanol–water partition coefficient (Wildman–Crippen LogP) is 2.72. The molecule has 1 saturated carbocycles. The van der Waals surface area contributed by atoms with Crippen molar-refractivity contribution in [3.05, 3.63) is 54.5 Å². The first-order valence-electron chi connectivity index (χ1n) is 8.14. The lowest BCUT2D eigenvalue weighted by Crippen LogP contribution is -2.37. The lowest BCUT2D eigenvalue weighted by molar-refractivity contribution is -0.134. The van der Waals surface area contributed by atoms with Gasteiger partial charge in [-0.1, -0.05) is 18.2 Å². The molecule has 6 heteroatoms. The first-order chi connectivity index (χ1) is 12.2. The van der Waals surface area contributed by atoms with Crippen LogP contribution in [0.15, 0.2) is 48.8 Å². The van der Waals surface area contributed by atoms with E-state index in [1.807, 2.05) is 36.5 Å². The van der Waals surface area contributed by atoms with Crippen LogP contribution in [-0.4, -0.2) is 35.3 Å². The van der Waals surface area contributed by atoms with E-state index in [-0.39, 0.29) is 5.97 Å². The molecule has 0 radical (unpaired) electrons. The van der Waals surface area contributed by atoms with Crippen LogP contribution in [0.4, 0.5) is 0 Å². The highest BCUT2D eigenvalue weighted by atomic mass is 16.5. The molecule has 1 aromatic carbocycles. The molecule has 6 nitrogen and oxygen atoms in total. The van der Waals surface area contributed by atoms with Crippen molar-refractivity contribution in [1.82, 2.24) is 15.3 Å². The Morgan fingerprint density at radius 1 is 1.32 bits per heavy atom. The first-order valence-corrected chi connectivity index (χ1v) is 8.14. The minimum absolute atomic E-state index is 0.322. The average Bonchev–Trinajstić information content (AvgIpc) is 2.62. The Hall–Kier alpha value is -3.02. The quantitative estimate of drug-likeness (QED) is 0.481. The van der Waals surface area contributed by atoms with Crippen LogP contribution in [0.3, 0.4) is 0 Å². The van der Waals surface area contributed by atoms with Crippen LogP contribution in [-0.2, 0) is 9.53 Å². The Morgan fingerprint density at radius 3 is 2.80 bits per heavy atom. The summed E-state index contributed by atoms with van der Waals surface area (Å²) in [6, 6.07) is 7.99. The maximum absolute atomic E-state index is 11.1. The molecule has 0 saturated heterocycles. The van der Waals surface area contributed by atoms with Gasteiger partial charge in [0.25, 0.3) is 0 Å². The molecule has 25 heavy (non-hydrogen) atoms. The van der Waals surface area contributed by atoms with E-state index in [9.17, 15) is 4.79 Å². The van der Waals surface area contributed by atoms with Crippen LogP contribution < -0.4 is 5.32 Å². The summed E-state index contributed by atoms with van der Waals surface area (Å²) in [6.45, 7) is 0. The molecule has 1 fully saturated rings. The molecular weight excluding hydrogens is 316 g/mol. The van der Waals surface area contributed by atoms with E-state index in [1.165, 1.54) is 19.4 Å². The van der Waals surface area contributed by atoms with Gasteiger partial charge >= 0.3 is 5.97 Å². The van der Waals surface area contributed by atoms with Gasteiger partial charge in [-0.3, -0.25) is 4.98 Å². The fourth-order valence-corrected chi connectivity index (χ4v) is 2.73. The average molecular weight is 336 g/mol. The lowest BCUT2D eigenvalue weighted by atomic mass is 9.80. The molecule has 0 unspecified atom stereocenters. The van der Waals surface area contributed by atoms with E-state index in [0.29, 0.717) is 23.2 Å². The molecule has 2 aromatic rings. The number of benzene rings is 1. The Balaban J connectivity index is 1.61. The number of hydrogen-bond donors (Lipinski definition) is 2. The van der Waals surface area contributed by atoms with Crippen molar-refractivity contribution in [2.24, 2.45) is 5.92 Å². The van der Waals surface area contributed by atoms with Gasteiger partial charge in [-0.2, -0.15) is 0 Å². The topological polar surface area (TPSA) is 88.0 Å². The van der Waals surface area contributed by atoms with E-state index in [4.69, 9.17) is 5.41 Å². The zero-order valence-electron chi connectivity index (χ0n) is 14.0. The number of esters is 1. The third-order valence-corrected chi connectivity index (χ3v) is 4.25. The number of nitrogens with zero attached hydrogens (tertiary/aromatic N) is 2. The molecule has 128 valence electrons. The Labute approximate surface area is 146 Å². The number of hydrogen-bond acceptors (Lipinski definition) is 6. The molecule has 0 bridgehead atoms. The number of methoxy groups -OCH3 is 1. The van der Waals surface area contributed by atoms with Gasteiger partial charge in [-0.15, -0.1) is 0 Å². The van der Waals surface area contributed by atoms with Crippen molar-refractivity contribution in [1.29, 1.82) is 5.41 Å². The summed E-state index contributed by atoms with van der Waals surface area (Å²) in [4.78, 5) is 20.0. The number of aromatic nitrogens is 2. The number of para-hydroxylation sites is 2. The Morgan fingerprint density at radius 2 is 2.08 bits per heavy atom. The van der Waals surface area contributed by atoms with Crippen molar-refractivity contribution in [3.63, 3.8) is 0 Å². The molecule has 2 N–H and O–H groups in total. The summed E-state index contributed by atoms with van der Waals surface area (Å²) in [5.74, 6) is 0.0613. The summed E-state index contributed by atoms with van der Waals surface area (Å²) >= 11 is 0. The number of ether oxygens (including phenoxy) is 1. The number of fused-ring (bicyclic) bond motifs is 1. The number of rotatable bonds is 6. The zero-order valence-corrected chi connectivity index (χ0v) is 14.0. The van der Waals surface area contributed by atoms with Crippen molar-refractivity contribution < 1.29 is 9.53 Å². The number of carbonyl (C=O) groups excluding carboxylic acids is 1. The molecule has 1 heterocycles. The molecule has 1 aromatic heterocycles. The van der Waals surface area contributed by atoms with Crippen molar-refractivity contribution in [2.45, 2.75) is 18.9 Å². The third-order valence-electron chi connectivity index (χ3n) is 4.25. The van der Waals surface area contributed by atoms with E-state index >= 15 is 0 Å². The Bertz CT molecular complexity index is 838. The van der Waals surface area contributed by atoms with Crippen molar-refractivity contribution in [2.75, 3.05) is 7.11 Å². The highest BCUT2D eigenvalue weighted by Gasteiger charge is 2.26. The molecule has 3 rings (SSSR count). The van der Waals surface area contributed by atoms with Crippen molar-refractivity contribution in [3.8, 4) is 0 Å². The summed E-state index contributed by atoms with van der Waals surface area (Å²) in [5.41, 5.74) is 3.00. The second-order valence-electron chi connectivity index (χ2n) is 5.97. The van der Waals surface area contributed by atoms with Crippen LogP contribution in [0.5, 0.6) is 0 Å². The van der Waals surface area contributed by atoms with Crippen LogP contribution in [0.25, 0.3) is 16.6 Å². The summed E-state index contributed by atoms with van der Waals surface area (Å²) in [6.07, 6.45) is 10.0.